The van der Waals surface area contributed by atoms with Crippen molar-refractivity contribution in [2.75, 3.05) is 26.1 Å². The van der Waals surface area contributed by atoms with Crippen molar-refractivity contribution in [2.24, 2.45) is 5.92 Å². The van der Waals surface area contributed by atoms with Gasteiger partial charge in [-0.1, -0.05) is 26.0 Å². The van der Waals surface area contributed by atoms with Crippen molar-refractivity contribution >= 4 is 34.0 Å². The van der Waals surface area contributed by atoms with Crippen LogP contribution in [-0.2, 0) is 16.0 Å². The zero-order valence-electron chi connectivity index (χ0n) is 15.4. The molecule has 1 aromatic carbocycles. The van der Waals surface area contributed by atoms with Crippen LogP contribution in [0.1, 0.15) is 30.6 Å². The molecular weight excluding hydrogens is 332 g/mol. The second-order valence-electron chi connectivity index (χ2n) is 6.61. The molecule has 0 bridgehead atoms. The summed E-state index contributed by atoms with van der Waals surface area (Å²) < 4.78 is 12.1. The number of carbonyl (C=O) groups excluding carboxylic acids is 1. The molecule has 138 valence electrons. The number of benzene rings is 1. The largest absolute Gasteiger partial charge is 0.459 e. The number of esters is 1. The van der Waals surface area contributed by atoms with Gasteiger partial charge < -0.3 is 19.8 Å². The minimum Gasteiger partial charge on any atom is -0.459 e. The van der Waals surface area contributed by atoms with Gasteiger partial charge in [0.2, 0.25) is 0 Å². The van der Waals surface area contributed by atoms with Gasteiger partial charge in [-0.25, -0.2) is 14.8 Å². The molecule has 3 aromatic rings. The monoisotopic (exact) mass is 356 g/mol. The first-order chi connectivity index (χ1) is 12.5. The molecule has 26 heavy (non-hydrogen) atoms. The Morgan fingerprint density at radius 1 is 1.19 bits per heavy atom. The lowest BCUT2D eigenvalue weighted by molar-refractivity contribution is 0.0391. The summed E-state index contributed by atoms with van der Waals surface area (Å²) in [5, 5.41) is 0. The second-order valence-corrected chi connectivity index (χ2v) is 6.61. The van der Waals surface area contributed by atoms with Gasteiger partial charge in [0.1, 0.15) is 23.5 Å². The van der Waals surface area contributed by atoms with Crippen LogP contribution in [0.3, 0.4) is 0 Å². The number of anilines is 1. The predicted octanol–water partition coefficient (Wildman–Crippen LogP) is 3.02. The number of hydrogen-bond donors (Lipinski definition) is 1. The van der Waals surface area contributed by atoms with Crippen LogP contribution in [0.15, 0.2) is 24.3 Å². The van der Waals surface area contributed by atoms with E-state index in [2.05, 4.69) is 18.8 Å². The Kier molecular flexibility index (Phi) is 5.37. The number of fused-ring (bicyclic) bond motifs is 2. The van der Waals surface area contributed by atoms with Gasteiger partial charge in [0, 0.05) is 13.7 Å². The van der Waals surface area contributed by atoms with Crippen molar-refractivity contribution in [1.29, 1.82) is 0 Å². The molecule has 0 amide bonds. The Hall–Kier alpha value is -2.67. The number of para-hydroxylation sites is 2. The topological polar surface area (TPSA) is 92.3 Å². The lowest BCUT2D eigenvalue weighted by Gasteiger charge is -2.09. The molecular formula is C19H24N4O3. The van der Waals surface area contributed by atoms with Crippen LogP contribution >= 0.6 is 0 Å². The Bertz CT molecular complexity index is 933. The minimum atomic E-state index is -0.502. The Labute approximate surface area is 152 Å². The number of rotatable bonds is 7. The van der Waals surface area contributed by atoms with Gasteiger partial charge in [0.25, 0.3) is 0 Å². The number of methoxy groups -OCH3 is 1. The molecule has 2 aromatic heterocycles. The maximum atomic E-state index is 12.6. The first-order valence-electron chi connectivity index (χ1n) is 8.73. The SMILES string of the molecule is COCCOC(=O)c1c(N)n(CCC(C)C)c2nc3ccccc3nc12. The van der Waals surface area contributed by atoms with E-state index in [1.807, 2.05) is 28.8 Å². The standard InChI is InChI=1S/C19H24N4O3/c1-12(2)8-9-23-17(20)15(19(24)26-11-10-25-3)16-18(23)22-14-7-5-4-6-13(14)21-16/h4-7,12H,8-11,20H2,1-3H3. The smallest absolute Gasteiger partial charge is 0.344 e. The van der Waals surface area contributed by atoms with Crippen molar-refractivity contribution < 1.29 is 14.3 Å². The average molecular weight is 356 g/mol. The van der Waals surface area contributed by atoms with E-state index in [-0.39, 0.29) is 12.2 Å². The number of aryl methyl sites for hydroxylation is 1. The Morgan fingerprint density at radius 3 is 2.54 bits per heavy atom. The normalized spacial score (nSPS) is 11.5. The minimum absolute atomic E-state index is 0.161. The first kappa shape index (κ1) is 18.1. The summed E-state index contributed by atoms with van der Waals surface area (Å²) in [6, 6.07) is 7.56. The third-order valence-corrected chi connectivity index (χ3v) is 4.25. The lowest BCUT2D eigenvalue weighted by atomic mass is 10.1. The van der Waals surface area contributed by atoms with Crippen LogP contribution < -0.4 is 5.73 Å². The lowest BCUT2D eigenvalue weighted by Crippen LogP contribution is -2.13. The molecule has 0 radical (unpaired) electrons. The quantitative estimate of drug-likeness (QED) is 0.517. The molecule has 0 aliphatic carbocycles. The highest BCUT2D eigenvalue weighted by Crippen LogP contribution is 2.29. The van der Waals surface area contributed by atoms with Gasteiger partial charge in [-0.3, -0.25) is 0 Å². The van der Waals surface area contributed by atoms with Gasteiger partial charge in [-0.2, -0.15) is 0 Å². The number of aromatic nitrogens is 3. The molecule has 0 unspecified atom stereocenters. The van der Waals surface area contributed by atoms with Crippen LogP contribution in [0.4, 0.5) is 5.82 Å². The molecule has 2 heterocycles. The fraction of sp³-hybridized carbons (Fsp3) is 0.421. The van der Waals surface area contributed by atoms with Crippen LogP contribution in [0.2, 0.25) is 0 Å². The maximum Gasteiger partial charge on any atom is 0.344 e. The number of hydrogen-bond acceptors (Lipinski definition) is 6. The van der Waals surface area contributed by atoms with Crippen molar-refractivity contribution in [2.45, 2.75) is 26.8 Å². The second kappa shape index (κ2) is 7.70. The molecule has 0 aliphatic heterocycles. The molecule has 0 saturated heterocycles. The molecule has 7 nitrogen and oxygen atoms in total. The van der Waals surface area contributed by atoms with E-state index in [0.29, 0.717) is 41.6 Å². The maximum absolute atomic E-state index is 12.6. The highest BCUT2D eigenvalue weighted by atomic mass is 16.6. The van der Waals surface area contributed by atoms with Crippen LogP contribution in [0.25, 0.3) is 22.2 Å². The molecule has 0 atom stereocenters. The van der Waals surface area contributed by atoms with E-state index >= 15 is 0 Å². The fourth-order valence-corrected chi connectivity index (χ4v) is 2.82. The summed E-state index contributed by atoms with van der Waals surface area (Å²) in [6.45, 7) is 5.44. The van der Waals surface area contributed by atoms with Gasteiger partial charge in [0.15, 0.2) is 5.65 Å². The number of nitrogen functional groups attached to an aromatic ring is 1. The number of carbonyl (C=O) groups is 1. The average Bonchev–Trinajstić information content (AvgIpc) is 2.88. The summed E-state index contributed by atoms with van der Waals surface area (Å²) in [5.41, 5.74) is 9.17. The van der Waals surface area contributed by atoms with Crippen LogP contribution in [-0.4, -0.2) is 40.8 Å². The zero-order valence-corrected chi connectivity index (χ0v) is 15.4. The van der Waals surface area contributed by atoms with Gasteiger partial charge in [0.05, 0.1) is 17.6 Å². The van der Waals surface area contributed by atoms with Gasteiger partial charge >= 0.3 is 5.97 Å². The number of nitrogens with zero attached hydrogens (tertiary/aromatic N) is 3. The van der Waals surface area contributed by atoms with E-state index < -0.39 is 5.97 Å². The van der Waals surface area contributed by atoms with Crippen LogP contribution in [0, 0.1) is 5.92 Å². The van der Waals surface area contributed by atoms with Crippen molar-refractivity contribution in [3.8, 4) is 0 Å². The molecule has 2 N–H and O–H groups in total. The van der Waals surface area contributed by atoms with Crippen molar-refractivity contribution in [1.82, 2.24) is 14.5 Å². The highest BCUT2D eigenvalue weighted by molar-refractivity contribution is 6.08. The van der Waals surface area contributed by atoms with E-state index in [1.165, 1.54) is 0 Å². The predicted molar refractivity (Wildman–Crippen MR) is 101 cm³/mol. The zero-order chi connectivity index (χ0) is 18.7. The summed E-state index contributed by atoms with van der Waals surface area (Å²) >= 11 is 0. The van der Waals surface area contributed by atoms with Crippen molar-refractivity contribution in [3.05, 3.63) is 29.8 Å². The summed E-state index contributed by atoms with van der Waals surface area (Å²) in [5.74, 6) is 0.341. The molecule has 3 rings (SSSR count). The molecule has 0 aliphatic rings. The molecule has 0 saturated carbocycles. The molecule has 0 fully saturated rings. The van der Waals surface area contributed by atoms with E-state index in [4.69, 9.17) is 20.2 Å². The van der Waals surface area contributed by atoms with E-state index in [1.54, 1.807) is 7.11 Å². The third kappa shape index (κ3) is 3.48. The first-order valence-corrected chi connectivity index (χ1v) is 8.73. The summed E-state index contributed by atoms with van der Waals surface area (Å²) in [7, 11) is 1.55. The van der Waals surface area contributed by atoms with Crippen molar-refractivity contribution in [3.63, 3.8) is 0 Å². The van der Waals surface area contributed by atoms with E-state index in [0.717, 1.165) is 11.9 Å². The Balaban J connectivity index is 2.13. The number of nitrogens with two attached hydrogens (primary N) is 1. The van der Waals surface area contributed by atoms with Gasteiger partial charge in [-0.05, 0) is 24.5 Å². The summed E-state index contributed by atoms with van der Waals surface area (Å²) in [6.07, 6.45) is 0.917. The molecule has 7 heteroatoms. The molecule has 0 spiro atoms. The highest BCUT2D eigenvalue weighted by Gasteiger charge is 2.25. The fourth-order valence-electron chi connectivity index (χ4n) is 2.82. The summed E-state index contributed by atoms with van der Waals surface area (Å²) in [4.78, 5) is 21.9. The van der Waals surface area contributed by atoms with E-state index in [9.17, 15) is 4.79 Å². The third-order valence-electron chi connectivity index (χ3n) is 4.25. The number of ether oxygens (including phenoxy) is 2. The Morgan fingerprint density at radius 2 is 1.88 bits per heavy atom. The van der Waals surface area contributed by atoms with Crippen LogP contribution in [0.5, 0.6) is 0 Å². The van der Waals surface area contributed by atoms with Gasteiger partial charge in [-0.15, -0.1) is 0 Å².